The van der Waals surface area contributed by atoms with Gasteiger partial charge in [0.15, 0.2) is 23.0 Å². The first-order chi connectivity index (χ1) is 20.9. The Hall–Kier alpha value is -4.80. The number of fused-ring (bicyclic) bond motifs is 1. The van der Waals surface area contributed by atoms with Gasteiger partial charge in [-0.05, 0) is 60.4 Å². The van der Waals surface area contributed by atoms with Crippen LogP contribution in [0.15, 0.2) is 54.6 Å². The Kier molecular flexibility index (Phi) is 7.55. The Morgan fingerprint density at radius 2 is 1.28 bits per heavy atom. The smallest absolute Gasteiger partial charge is 0.252 e. The molecule has 0 spiro atoms. The molecule has 0 N–H and O–H groups in total. The third-order valence-electron chi connectivity index (χ3n) is 8.60. The molecule has 3 aliphatic heterocycles. The van der Waals surface area contributed by atoms with Crippen LogP contribution >= 0.6 is 0 Å². The molecular weight excluding hydrogens is 556 g/mol. The number of methoxy groups -OCH3 is 3. The van der Waals surface area contributed by atoms with Crippen LogP contribution < -0.4 is 23.7 Å². The van der Waals surface area contributed by atoms with E-state index in [1.807, 2.05) is 0 Å². The summed E-state index contributed by atoms with van der Waals surface area (Å²) in [5, 5.41) is 0. The number of benzene rings is 2. The monoisotopic (exact) mass is 588 g/mol. The summed E-state index contributed by atoms with van der Waals surface area (Å²) in [4.78, 5) is 57.0. The summed E-state index contributed by atoms with van der Waals surface area (Å²) in [6, 6.07) is 8.74. The summed E-state index contributed by atoms with van der Waals surface area (Å²) in [5.41, 5.74) is 1.26. The Morgan fingerprint density at radius 3 is 1.84 bits per heavy atom. The SMILES string of the molecule is COc1ccc(C2C(C(=O)N3CCC=CC3=O)C(c3cc(OC)c4c(c3)OCO4)C2C(=O)N2CCC=CC2=O)cc1OC. The average molecular weight is 589 g/mol. The highest BCUT2D eigenvalue weighted by Gasteiger charge is 2.60. The number of nitrogens with zero attached hydrogens (tertiary/aromatic N) is 2. The minimum Gasteiger partial charge on any atom is -0.493 e. The lowest BCUT2D eigenvalue weighted by molar-refractivity contribution is -0.157. The lowest BCUT2D eigenvalue weighted by atomic mass is 9.51. The van der Waals surface area contributed by atoms with Crippen LogP contribution in [0.3, 0.4) is 0 Å². The highest BCUT2D eigenvalue weighted by Crippen LogP contribution is 2.61. The standard InChI is InChI=1S/C32H32N2O9/c1-39-20-11-10-18(14-21(20)40-2)26-28(31(37)33-12-6-4-8-24(33)35)27(29(26)32(38)34-13-7-5-9-25(34)36)19-15-22(41-3)30-23(16-19)42-17-43-30/h4-5,8-11,14-16,26-29H,6-7,12-13,17H2,1-3H3. The normalized spacial score (nSPS) is 24.1. The van der Waals surface area contributed by atoms with E-state index in [9.17, 15) is 19.2 Å². The molecule has 3 heterocycles. The van der Waals surface area contributed by atoms with Crippen molar-refractivity contribution in [1.29, 1.82) is 0 Å². The van der Waals surface area contributed by atoms with Crippen LogP contribution in [0.4, 0.5) is 0 Å². The summed E-state index contributed by atoms with van der Waals surface area (Å²) < 4.78 is 27.8. The predicted octanol–water partition coefficient (Wildman–Crippen LogP) is 3.18. The van der Waals surface area contributed by atoms with Gasteiger partial charge in [0.25, 0.3) is 11.8 Å². The topological polar surface area (TPSA) is 121 Å². The number of amides is 4. The minimum atomic E-state index is -0.831. The fourth-order valence-electron chi connectivity index (χ4n) is 6.57. The van der Waals surface area contributed by atoms with Crippen molar-refractivity contribution < 1.29 is 42.9 Å². The molecule has 0 bridgehead atoms. The van der Waals surface area contributed by atoms with Gasteiger partial charge in [-0.1, -0.05) is 18.2 Å². The summed E-state index contributed by atoms with van der Waals surface area (Å²) >= 11 is 0. The van der Waals surface area contributed by atoms with E-state index in [2.05, 4.69) is 0 Å². The number of rotatable bonds is 7. The van der Waals surface area contributed by atoms with Gasteiger partial charge in [0, 0.05) is 24.9 Å². The maximum Gasteiger partial charge on any atom is 0.252 e. The molecule has 2 aromatic carbocycles. The van der Waals surface area contributed by atoms with E-state index in [4.69, 9.17) is 23.7 Å². The molecule has 224 valence electrons. The zero-order valence-electron chi connectivity index (χ0n) is 24.1. The number of imide groups is 2. The highest BCUT2D eigenvalue weighted by molar-refractivity contribution is 6.06. The zero-order chi connectivity index (χ0) is 30.2. The van der Waals surface area contributed by atoms with Gasteiger partial charge < -0.3 is 23.7 Å². The molecule has 1 saturated carbocycles. The molecule has 1 fully saturated rings. The fraction of sp³-hybridized carbons (Fsp3) is 0.375. The number of ether oxygens (including phenoxy) is 5. The van der Waals surface area contributed by atoms with E-state index in [1.54, 1.807) is 42.5 Å². The van der Waals surface area contributed by atoms with Crippen molar-refractivity contribution in [2.24, 2.45) is 11.8 Å². The van der Waals surface area contributed by atoms with Gasteiger partial charge in [-0.25, -0.2) is 0 Å². The van der Waals surface area contributed by atoms with E-state index >= 15 is 0 Å². The Bertz CT molecular complexity index is 1490. The predicted molar refractivity (Wildman–Crippen MR) is 152 cm³/mol. The van der Waals surface area contributed by atoms with Crippen LogP contribution in [-0.4, -0.2) is 74.6 Å². The van der Waals surface area contributed by atoms with Crippen LogP contribution in [0.1, 0.15) is 35.8 Å². The molecule has 6 rings (SSSR count). The molecule has 2 atom stereocenters. The summed E-state index contributed by atoms with van der Waals surface area (Å²) in [6.45, 7) is 0.463. The van der Waals surface area contributed by atoms with E-state index < -0.39 is 47.3 Å². The number of carbonyl (C=O) groups excluding carboxylic acids is 4. The van der Waals surface area contributed by atoms with Crippen molar-refractivity contribution in [3.63, 3.8) is 0 Å². The first-order valence-corrected chi connectivity index (χ1v) is 14.1. The molecule has 11 heteroatoms. The van der Waals surface area contributed by atoms with Gasteiger partial charge in [-0.15, -0.1) is 0 Å². The van der Waals surface area contributed by atoms with Crippen molar-refractivity contribution in [3.05, 3.63) is 65.8 Å². The maximum absolute atomic E-state index is 14.4. The molecule has 43 heavy (non-hydrogen) atoms. The van der Waals surface area contributed by atoms with E-state index in [0.717, 1.165) is 0 Å². The van der Waals surface area contributed by atoms with Crippen molar-refractivity contribution in [3.8, 4) is 28.7 Å². The van der Waals surface area contributed by atoms with Crippen LogP contribution in [0, 0.1) is 11.8 Å². The number of hydrogen-bond acceptors (Lipinski definition) is 9. The number of hydrogen-bond donors (Lipinski definition) is 0. The second kappa shape index (κ2) is 11.5. The summed E-state index contributed by atoms with van der Waals surface area (Å²) in [6.07, 6.45) is 7.33. The third-order valence-corrected chi connectivity index (χ3v) is 8.60. The first-order valence-electron chi connectivity index (χ1n) is 14.1. The molecule has 4 amide bonds. The van der Waals surface area contributed by atoms with Crippen LogP contribution in [0.5, 0.6) is 28.7 Å². The molecule has 2 aromatic rings. The average Bonchev–Trinajstić information content (AvgIpc) is 3.49. The second-order valence-corrected chi connectivity index (χ2v) is 10.7. The van der Waals surface area contributed by atoms with Crippen molar-refractivity contribution in [2.75, 3.05) is 41.2 Å². The summed E-state index contributed by atoms with van der Waals surface area (Å²) in [7, 11) is 4.53. The van der Waals surface area contributed by atoms with Crippen molar-refractivity contribution in [1.82, 2.24) is 9.80 Å². The summed E-state index contributed by atoms with van der Waals surface area (Å²) in [5.74, 6) is -2.49. The van der Waals surface area contributed by atoms with Gasteiger partial charge in [0.1, 0.15) is 0 Å². The fourth-order valence-corrected chi connectivity index (χ4v) is 6.57. The van der Waals surface area contributed by atoms with Gasteiger partial charge in [-0.2, -0.15) is 0 Å². The largest absolute Gasteiger partial charge is 0.493 e. The van der Waals surface area contributed by atoms with Crippen molar-refractivity contribution >= 4 is 23.6 Å². The van der Waals surface area contributed by atoms with Gasteiger partial charge in [-0.3, -0.25) is 29.0 Å². The van der Waals surface area contributed by atoms with Crippen LogP contribution in [-0.2, 0) is 19.2 Å². The molecule has 1 aliphatic carbocycles. The molecule has 2 unspecified atom stereocenters. The molecule has 4 aliphatic rings. The third kappa shape index (κ3) is 4.78. The minimum absolute atomic E-state index is 0.00201. The van der Waals surface area contributed by atoms with Gasteiger partial charge >= 0.3 is 0 Å². The Labute approximate surface area is 248 Å². The number of carbonyl (C=O) groups is 4. The Morgan fingerprint density at radius 1 is 0.721 bits per heavy atom. The van der Waals surface area contributed by atoms with Crippen molar-refractivity contribution in [2.45, 2.75) is 24.7 Å². The van der Waals surface area contributed by atoms with Crippen LogP contribution in [0.2, 0.25) is 0 Å². The molecule has 0 radical (unpaired) electrons. The van der Waals surface area contributed by atoms with E-state index in [-0.39, 0.29) is 19.9 Å². The lowest BCUT2D eigenvalue weighted by Crippen LogP contribution is -2.59. The molecule has 0 aromatic heterocycles. The quantitative estimate of drug-likeness (QED) is 0.449. The van der Waals surface area contributed by atoms with E-state index in [0.29, 0.717) is 52.7 Å². The van der Waals surface area contributed by atoms with Gasteiger partial charge in [0.05, 0.1) is 33.2 Å². The zero-order valence-corrected chi connectivity index (χ0v) is 24.1. The first kappa shape index (κ1) is 28.3. The maximum atomic E-state index is 14.4. The van der Waals surface area contributed by atoms with Crippen LogP contribution in [0.25, 0.3) is 0 Å². The Balaban J connectivity index is 1.52. The lowest BCUT2D eigenvalue weighted by Gasteiger charge is -2.52. The molecule has 11 nitrogen and oxygen atoms in total. The highest BCUT2D eigenvalue weighted by atomic mass is 16.7. The van der Waals surface area contributed by atoms with Gasteiger partial charge in [0.2, 0.25) is 24.4 Å². The van der Waals surface area contributed by atoms with E-state index in [1.165, 1.54) is 43.3 Å². The molecule has 0 saturated heterocycles. The second-order valence-electron chi connectivity index (χ2n) is 10.7. The molecular formula is C32H32N2O9.